The number of hydrogen-bond donors (Lipinski definition) is 4. The fraction of sp³-hybridized carbons (Fsp3) is 0.917. The Morgan fingerprint density at radius 1 is 0.364 bits per heavy atom. The number of aliphatic hydroxyl groups excluding tert-OH is 1. The van der Waals surface area contributed by atoms with E-state index >= 15 is 0 Å². The monoisotopic (exact) mass is 1130 g/mol. The Morgan fingerprint density at radius 2 is 0.649 bits per heavy atom. The number of alkyl halides is 1. The van der Waals surface area contributed by atoms with Crippen molar-refractivity contribution in [1.29, 1.82) is 0 Å². The summed E-state index contributed by atoms with van der Waals surface area (Å²) < 4.78 is 0. The summed E-state index contributed by atoms with van der Waals surface area (Å²) in [5.41, 5.74) is 5.08. The van der Waals surface area contributed by atoms with Gasteiger partial charge >= 0.3 is 0 Å². The maximum atomic E-state index is 10.7. The zero-order valence-electron chi connectivity index (χ0n) is 52.1. The van der Waals surface area contributed by atoms with E-state index in [0.29, 0.717) is 50.2 Å². The van der Waals surface area contributed by atoms with E-state index in [4.69, 9.17) is 0 Å². The molecule has 0 aliphatic heterocycles. The minimum Gasteiger partial charge on any atom is -0.392 e. The summed E-state index contributed by atoms with van der Waals surface area (Å²) in [6, 6.07) is 0. The summed E-state index contributed by atoms with van der Waals surface area (Å²) in [6.07, 6.45) is 30.4. The molecule has 12 aliphatic carbocycles. The number of rotatable bonds is 5. The van der Waals surface area contributed by atoms with Crippen LogP contribution in [0.1, 0.15) is 244 Å². The minimum absolute atomic E-state index is 0.159. The highest BCUT2D eigenvalue weighted by Crippen LogP contribution is 2.72. The molecular weight excluding hydrogens is 1010 g/mol. The largest absolute Gasteiger partial charge is 0.392 e. The van der Waals surface area contributed by atoms with Crippen molar-refractivity contribution in [3.63, 3.8) is 0 Å². The van der Waals surface area contributed by atoms with Crippen LogP contribution < -0.4 is 0 Å². The summed E-state index contributed by atoms with van der Waals surface area (Å²) in [7, 11) is 0. The van der Waals surface area contributed by atoms with Crippen molar-refractivity contribution >= 4 is 15.9 Å². The molecule has 0 spiro atoms. The molecule has 0 aromatic carbocycles. The van der Waals surface area contributed by atoms with E-state index in [1.54, 1.807) is 0 Å². The van der Waals surface area contributed by atoms with Crippen LogP contribution in [0.25, 0.3) is 0 Å². The average Bonchev–Trinajstić information content (AvgIpc) is 4.07. The molecule has 24 atom stereocenters. The second-order valence-corrected chi connectivity index (χ2v) is 35.4. The van der Waals surface area contributed by atoms with E-state index in [1.165, 1.54) is 127 Å². The van der Waals surface area contributed by atoms with E-state index in [0.717, 1.165) is 138 Å². The third kappa shape index (κ3) is 10.4. The smallest absolute Gasteiger partial charge is 0.0642 e. The van der Waals surface area contributed by atoms with Gasteiger partial charge in [-0.1, -0.05) is 109 Å². The molecule has 12 rings (SSSR count). The Labute approximate surface area is 482 Å². The van der Waals surface area contributed by atoms with Gasteiger partial charge in [-0.25, -0.2) is 0 Å². The van der Waals surface area contributed by atoms with Gasteiger partial charge < -0.3 is 20.4 Å². The summed E-state index contributed by atoms with van der Waals surface area (Å²) in [6.45, 7) is 44.4. The van der Waals surface area contributed by atoms with Crippen LogP contribution in [0.2, 0.25) is 0 Å². The van der Waals surface area contributed by atoms with Crippen molar-refractivity contribution in [3.05, 3.63) is 36.5 Å². The lowest BCUT2D eigenvalue weighted by Gasteiger charge is -2.61. The molecule has 4 nitrogen and oxygen atoms in total. The van der Waals surface area contributed by atoms with Crippen LogP contribution >= 0.6 is 15.9 Å². The molecule has 77 heavy (non-hydrogen) atoms. The fourth-order valence-electron chi connectivity index (χ4n) is 25.4. The molecule has 438 valence electrons. The quantitative estimate of drug-likeness (QED) is 0.163. The van der Waals surface area contributed by atoms with Gasteiger partial charge in [0.05, 0.1) is 23.4 Å². The lowest BCUT2D eigenvalue weighted by Crippen LogP contribution is -2.55. The Balaban J connectivity index is 0.000000131. The Bertz CT molecular complexity index is 2100. The van der Waals surface area contributed by atoms with Crippen molar-refractivity contribution in [1.82, 2.24) is 0 Å². The number of fused-ring (bicyclic) bond motifs is 15. The van der Waals surface area contributed by atoms with E-state index in [9.17, 15) is 20.4 Å². The van der Waals surface area contributed by atoms with E-state index in [-0.39, 0.29) is 6.61 Å². The number of allylic oxidation sites excluding steroid dienone is 2. The van der Waals surface area contributed by atoms with Crippen molar-refractivity contribution in [3.8, 4) is 0 Å². The molecule has 12 fully saturated rings. The van der Waals surface area contributed by atoms with Gasteiger partial charge in [0.2, 0.25) is 0 Å². The zero-order chi connectivity index (χ0) is 56.0. The summed E-state index contributed by atoms with van der Waals surface area (Å²) in [4.78, 5) is 0. The lowest BCUT2D eigenvalue weighted by atomic mass is 9.44. The molecule has 0 radical (unpaired) electrons. The van der Waals surface area contributed by atoms with Gasteiger partial charge in [-0.15, -0.1) is 0 Å². The Morgan fingerprint density at radius 3 is 0.948 bits per heavy atom. The van der Waals surface area contributed by atoms with Crippen LogP contribution in [0, 0.1) is 139 Å². The average molecular weight is 1130 g/mol. The number of hydrogen-bond acceptors (Lipinski definition) is 4. The van der Waals surface area contributed by atoms with Crippen LogP contribution in [0.3, 0.4) is 0 Å². The SMILES string of the molecule is C=C(C)[C@H]1CC[C@H]2[C@@H]3CC(C)(C)[C@H]4C[C@](C)(O)CC[C@@H]4[C@H]3CC[C@]12C.C=C(CBr)[C@H]1CC[C@H]2[C@@H]3CC(C)(C)[C@H]4C[C@](C)(O)CC[C@@H]4[C@H]3CC[C@]12C.C=C(CO)[C@H]1CC[C@H]2[C@@H]3CC(C)(C)[C@H]4C[C@](C)(O)CC[C@@H]4[C@H]3CC[C@]12C. The highest BCUT2D eigenvalue weighted by molar-refractivity contribution is 9.09. The second-order valence-electron chi connectivity index (χ2n) is 34.9. The highest BCUT2D eigenvalue weighted by Gasteiger charge is 2.64. The van der Waals surface area contributed by atoms with Crippen LogP contribution in [0.5, 0.6) is 0 Å². The van der Waals surface area contributed by atoms with Crippen LogP contribution in [-0.2, 0) is 0 Å². The number of aliphatic hydroxyl groups is 4. The summed E-state index contributed by atoms with van der Waals surface area (Å²) in [5.74, 6) is 14.6. The second kappa shape index (κ2) is 20.7. The van der Waals surface area contributed by atoms with Gasteiger partial charge in [0, 0.05) is 5.33 Å². The van der Waals surface area contributed by atoms with Gasteiger partial charge in [0.15, 0.2) is 0 Å². The topological polar surface area (TPSA) is 80.9 Å². The Kier molecular flexibility index (Phi) is 16.0. The highest BCUT2D eigenvalue weighted by atomic mass is 79.9. The van der Waals surface area contributed by atoms with Crippen LogP contribution in [-0.4, -0.2) is 49.2 Å². The predicted octanol–water partition coefficient (Wildman–Crippen LogP) is 18.0. The first-order valence-electron chi connectivity index (χ1n) is 33.1. The molecule has 0 heterocycles. The standard InChI is InChI=1S/C24H39BrO.C24H40O2.C24H40O/c2*1-15(14-25)19-6-7-20-18-12-22(2,3)21-13-23(4,26)10-8-17(21)16(18)9-11-24(19,20)5;1-15(2)19-7-8-20-18-13-22(3,4)21-14-23(5,25)11-9-17(21)16(18)10-12-24(19,20)6/h16-21,26H,1,6-14H2,2-5H3;16-21,25-26H,1,6-14H2,2-5H3;16-21,25H,1,7-14H2,2-6H3/t3*16-,17-,18-,19-,20+,21+,23-,24-/m111/s1. The number of halogens is 1. The van der Waals surface area contributed by atoms with Crippen LogP contribution in [0.15, 0.2) is 36.5 Å². The first-order valence-corrected chi connectivity index (χ1v) is 34.2. The minimum atomic E-state index is -0.453. The summed E-state index contributed by atoms with van der Waals surface area (Å²) >= 11 is 3.69. The molecule has 4 N–H and O–H groups in total. The molecular formula is C72H119BrO4. The molecule has 0 bridgehead atoms. The van der Waals surface area contributed by atoms with Crippen molar-refractivity contribution in [2.24, 2.45) is 139 Å². The molecule has 5 heteroatoms. The van der Waals surface area contributed by atoms with Gasteiger partial charge in [-0.3, -0.25) is 0 Å². The third-order valence-electron chi connectivity index (χ3n) is 29.0. The molecule has 12 aliphatic rings. The molecule has 0 unspecified atom stereocenters. The maximum Gasteiger partial charge on any atom is 0.0642 e. The van der Waals surface area contributed by atoms with Crippen molar-refractivity contribution in [2.45, 2.75) is 261 Å². The van der Waals surface area contributed by atoms with Gasteiger partial charge in [-0.2, -0.15) is 0 Å². The Hall–Kier alpha value is -0.460. The maximum absolute atomic E-state index is 10.7. The molecule has 0 saturated heterocycles. The van der Waals surface area contributed by atoms with Crippen molar-refractivity contribution < 1.29 is 20.4 Å². The summed E-state index contributed by atoms with van der Waals surface area (Å²) in [5, 5.41) is 42.9. The van der Waals surface area contributed by atoms with E-state index in [2.05, 4.69) is 126 Å². The van der Waals surface area contributed by atoms with E-state index in [1.807, 2.05) is 0 Å². The fourth-order valence-corrected chi connectivity index (χ4v) is 25.8. The predicted molar refractivity (Wildman–Crippen MR) is 325 cm³/mol. The van der Waals surface area contributed by atoms with Gasteiger partial charge in [-0.05, 0) is 326 Å². The van der Waals surface area contributed by atoms with Gasteiger partial charge in [0.1, 0.15) is 0 Å². The lowest BCUT2D eigenvalue weighted by molar-refractivity contribution is -0.144. The van der Waals surface area contributed by atoms with Crippen molar-refractivity contribution in [2.75, 3.05) is 11.9 Å². The molecule has 12 saturated carbocycles. The van der Waals surface area contributed by atoms with Gasteiger partial charge in [0.25, 0.3) is 0 Å². The first-order chi connectivity index (χ1) is 35.7. The normalized spacial score (nSPS) is 53.2. The first kappa shape index (κ1) is 59.7. The van der Waals surface area contributed by atoms with Crippen LogP contribution in [0.4, 0.5) is 0 Å². The molecule has 0 aromatic heterocycles. The van der Waals surface area contributed by atoms with E-state index < -0.39 is 16.8 Å². The zero-order valence-corrected chi connectivity index (χ0v) is 53.7. The molecule has 0 amide bonds. The molecule has 0 aromatic rings. The third-order valence-corrected chi connectivity index (χ3v) is 29.7.